The van der Waals surface area contributed by atoms with Gasteiger partial charge in [0, 0.05) is 62.5 Å². The Morgan fingerprint density at radius 2 is 1.50 bits per heavy atom. The molecule has 1 saturated carbocycles. The second-order valence-corrected chi connectivity index (χ2v) is 28.1. The number of halogens is 1. The number of aliphatic carboxylic acids is 1. The van der Waals surface area contributed by atoms with Crippen molar-refractivity contribution >= 4 is 79.8 Å². The van der Waals surface area contributed by atoms with E-state index in [1.807, 2.05) is 65.0 Å². The quantitative estimate of drug-likeness (QED) is 0.0608. The number of carboxylic acid groups (broad SMARTS) is 1. The van der Waals surface area contributed by atoms with Gasteiger partial charge in [-0.2, -0.15) is 0 Å². The molecule has 4 heterocycles. The lowest BCUT2D eigenvalue weighted by Gasteiger charge is -2.35. The Labute approximate surface area is 523 Å². The predicted molar refractivity (Wildman–Crippen MR) is 340 cm³/mol. The van der Waals surface area contributed by atoms with Crippen LogP contribution in [0, 0.1) is 35.0 Å². The van der Waals surface area contributed by atoms with Crippen molar-refractivity contribution in [2.45, 2.75) is 207 Å². The summed E-state index contributed by atoms with van der Waals surface area (Å²) in [6, 6.07) is 10.3. The first-order chi connectivity index (χ1) is 40.4. The van der Waals surface area contributed by atoms with Crippen LogP contribution in [-0.2, 0) is 51.2 Å². The Morgan fingerprint density at radius 3 is 2.06 bits per heavy atom. The molecule has 3 saturated heterocycles. The highest BCUT2D eigenvalue weighted by molar-refractivity contribution is 9.10. The Morgan fingerprint density at radius 1 is 0.849 bits per heavy atom. The summed E-state index contributed by atoms with van der Waals surface area (Å²) in [5.41, 5.74) is -0.458. The molecule has 1 aliphatic carbocycles. The lowest BCUT2D eigenvalue weighted by Crippen LogP contribution is -2.57. The van der Waals surface area contributed by atoms with Crippen LogP contribution in [0.25, 0.3) is 0 Å². The van der Waals surface area contributed by atoms with E-state index in [4.69, 9.17) is 10.1 Å². The molecule has 5 amide bonds. The molecule has 19 nitrogen and oxygen atoms in total. The Kier molecular flexibility index (Phi) is 26.9. The number of aromatic hydroxyl groups is 1. The molecule has 0 aromatic heterocycles. The van der Waals surface area contributed by atoms with E-state index in [1.54, 1.807) is 65.7 Å². The van der Waals surface area contributed by atoms with Crippen molar-refractivity contribution in [1.82, 2.24) is 36.0 Å². The fourth-order valence-electron chi connectivity index (χ4n) is 12.0. The van der Waals surface area contributed by atoms with Crippen LogP contribution in [0.15, 0.2) is 58.0 Å². The maximum absolute atomic E-state index is 15.0. The second kappa shape index (κ2) is 32.3. The van der Waals surface area contributed by atoms with Crippen LogP contribution in [0.4, 0.5) is 0 Å². The first kappa shape index (κ1) is 71.5. The fraction of sp³-hybridized carbons (Fsp3) is 0.677. The summed E-state index contributed by atoms with van der Waals surface area (Å²) in [5, 5.41) is 40.6. The number of Topliss-reactive ketones (excluding diaryl/α,β-unsaturated/α-hetero) is 2. The summed E-state index contributed by atoms with van der Waals surface area (Å²) in [6.07, 6.45) is 7.55. The molecule has 0 bridgehead atoms. The van der Waals surface area contributed by atoms with Gasteiger partial charge in [-0.1, -0.05) is 105 Å². The third kappa shape index (κ3) is 19.4. The number of phenols is 1. The molecular formula is C65H99BrN8O11S. The van der Waals surface area contributed by atoms with Gasteiger partial charge in [-0.3, -0.25) is 43.3 Å². The minimum absolute atomic E-state index is 0.00470. The van der Waals surface area contributed by atoms with Crippen molar-refractivity contribution in [3.63, 3.8) is 0 Å². The summed E-state index contributed by atoms with van der Waals surface area (Å²) in [5.74, 6) is -2.65. The topological polar surface area (TPSA) is 267 Å². The lowest BCUT2D eigenvalue weighted by molar-refractivity contribution is -0.146. The number of carbonyl (C=O) groups is 8. The van der Waals surface area contributed by atoms with Gasteiger partial charge in [0.1, 0.15) is 41.2 Å². The molecule has 2 aromatic rings. The summed E-state index contributed by atoms with van der Waals surface area (Å²) >= 11 is 4.77. The largest absolute Gasteiger partial charge is 0.507 e. The van der Waals surface area contributed by atoms with Crippen LogP contribution in [0.3, 0.4) is 0 Å². The molecule has 4 unspecified atom stereocenters. The number of hydrogen-bond donors (Lipinski definition) is 7. The summed E-state index contributed by atoms with van der Waals surface area (Å²) in [6.45, 7) is 22.8. The van der Waals surface area contributed by atoms with E-state index in [-0.39, 0.29) is 77.6 Å². The molecule has 0 radical (unpaired) electrons. The van der Waals surface area contributed by atoms with E-state index in [0.717, 1.165) is 44.3 Å². The van der Waals surface area contributed by atoms with Crippen molar-refractivity contribution in [1.29, 1.82) is 0 Å². The number of aliphatic hydroxyl groups excluding tert-OH is 1. The molecule has 13 atom stereocenters. The number of nitrogens with one attached hydrogen (secondary N) is 4. The average molecular weight is 1280 g/mol. The number of benzene rings is 2. The van der Waals surface area contributed by atoms with Gasteiger partial charge >= 0.3 is 5.97 Å². The number of amides is 5. The number of aliphatic hydroxyl groups is 1. The number of rotatable bonds is 22. The Bertz CT molecular complexity index is 2700. The summed E-state index contributed by atoms with van der Waals surface area (Å²) in [7, 11) is 3.18. The lowest BCUT2D eigenvalue weighted by atomic mass is 9.83. The number of phenolic OH excluding ortho intramolecular Hbond substituents is 1. The first-order valence-corrected chi connectivity index (χ1v) is 32.8. The number of likely N-dealkylation sites (tertiary alicyclic amines) is 1. The van der Waals surface area contributed by atoms with Crippen molar-refractivity contribution in [2.24, 2.45) is 40.0 Å². The number of likely N-dealkylation sites (N-methyl/N-ethyl adjacent to an activating group) is 2. The molecule has 21 heteroatoms. The monoisotopic (exact) mass is 1280 g/mol. The first-order valence-electron chi connectivity index (χ1n) is 31.0. The van der Waals surface area contributed by atoms with Gasteiger partial charge in [0.15, 0.2) is 5.78 Å². The van der Waals surface area contributed by atoms with Crippen molar-refractivity contribution in [2.75, 3.05) is 39.5 Å². The third-order valence-electron chi connectivity index (χ3n) is 17.4. The smallest absolute Gasteiger partial charge is 0.320 e. The van der Waals surface area contributed by atoms with Crippen molar-refractivity contribution < 1.29 is 53.7 Å². The zero-order chi connectivity index (χ0) is 64.0. The molecule has 86 heavy (non-hydrogen) atoms. The van der Waals surface area contributed by atoms with E-state index in [1.165, 1.54) is 34.0 Å². The van der Waals surface area contributed by atoms with E-state index in [2.05, 4.69) is 44.1 Å². The van der Waals surface area contributed by atoms with E-state index < -0.39 is 70.8 Å². The Hall–Kier alpha value is -5.22. The maximum atomic E-state index is 15.0. The van der Waals surface area contributed by atoms with Gasteiger partial charge in [0.25, 0.3) is 0 Å². The number of carboxylic acids is 1. The van der Waals surface area contributed by atoms with Gasteiger partial charge in [-0.25, -0.2) is 0 Å². The maximum Gasteiger partial charge on any atom is 0.320 e. The van der Waals surface area contributed by atoms with Gasteiger partial charge in [0.2, 0.25) is 29.5 Å². The van der Waals surface area contributed by atoms with Crippen molar-refractivity contribution in [3.8, 4) is 5.75 Å². The number of nitrogens with zero attached hydrogens (tertiary/aromatic N) is 4. The van der Waals surface area contributed by atoms with Crippen LogP contribution in [-0.4, -0.2) is 176 Å². The molecule has 2 aromatic carbocycles. The summed E-state index contributed by atoms with van der Waals surface area (Å²) in [4.78, 5) is 119. The minimum Gasteiger partial charge on any atom is -0.507 e. The number of hydrogen-bond acceptors (Lipinski definition) is 14. The van der Waals surface area contributed by atoms with Gasteiger partial charge < -0.3 is 51.3 Å². The molecule has 7 N–H and O–H groups in total. The fourth-order valence-corrected chi connectivity index (χ4v) is 13.8. The Balaban J connectivity index is 0.000000635. The van der Waals surface area contributed by atoms with Crippen LogP contribution in [0.5, 0.6) is 5.75 Å². The zero-order valence-electron chi connectivity index (χ0n) is 53.1. The third-order valence-corrected chi connectivity index (χ3v) is 19.4. The standard InChI is InChI=1S/C52H73BrN6O8S.C7H15NO.C6H11NO2/c1-12-42(60)35-19-16-20-36(35)44(62)39(26-33-17-14-13-15-18-33)57(10)47(64)38(23-30(2)3)55-50(67)52(9)29-68-45(56-52)40-24-31(4)28-59(40)48(65)41(27-34-21-22-43(61)37(53)25-34)58(11)46(63)32(5)54-49(66)51(6,7)8;1-2-7(9)6-4-3-5-8-6;1-4-2-5(6(8)9)7-3-4/h13-15,17-18,21-22,25,30-32,35-36,38-41,61H,12,16,19-20,23-24,26-29H2,1-11H3,(H,54,66)(H,55,67);6-9H,2-5H2,1H3;4-5,7H,2-3H2,1H3,(H,8,9)/t31-,32-,35?,36?,38+,39-,40-,41+,52-;;4-,5-/m0.0/s1. The highest BCUT2D eigenvalue weighted by atomic mass is 79.9. The highest BCUT2D eigenvalue weighted by Crippen LogP contribution is 2.38. The zero-order valence-corrected chi connectivity index (χ0v) is 55.5. The average Bonchev–Trinajstić information content (AvgIpc) is 1.91. The van der Waals surface area contributed by atoms with E-state index in [9.17, 15) is 48.6 Å². The number of thioether (sulfide) groups is 1. The second-order valence-electron chi connectivity index (χ2n) is 26.3. The van der Waals surface area contributed by atoms with Crippen molar-refractivity contribution in [3.05, 3.63) is 64.1 Å². The molecular weight excluding hydrogens is 1180 g/mol. The highest BCUT2D eigenvalue weighted by Gasteiger charge is 2.48. The number of aliphatic imine (C=N–C) groups is 1. The van der Waals surface area contributed by atoms with E-state index in [0.29, 0.717) is 65.7 Å². The van der Waals surface area contributed by atoms with Crippen LogP contribution < -0.4 is 21.3 Å². The molecule has 7 rings (SSSR count). The number of carbonyl (C=O) groups excluding carboxylic acids is 7. The predicted octanol–water partition coefficient (Wildman–Crippen LogP) is 7.36. The SMILES string of the molecule is CCC(=O)C1CCCC1C(=O)[C@H](Cc1ccccc1)N(C)C(=O)[C@@H](CC(C)C)NC(=O)[C@]1(C)CSC([C@@H]2C[C@H](C)CN2C(=O)[C@@H](Cc2ccc(O)c(Br)c2)N(C)C(=O)[C@H](C)NC(=O)C(C)(C)C)=N1.CCC(O)C1CCCN1.C[C@@H]1CN[C@H](C(=O)O)C1. The van der Waals surface area contributed by atoms with E-state index >= 15 is 0 Å². The normalized spacial score (nSPS) is 25.3. The molecule has 4 fully saturated rings. The van der Waals surface area contributed by atoms with Gasteiger partial charge in [-0.05, 0) is 142 Å². The molecule has 0 spiro atoms. The van der Waals surface area contributed by atoms with Crippen LogP contribution in [0.1, 0.15) is 151 Å². The minimum atomic E-state index is -1.30. The van der Waals surface area contributed by atoms with Gasteiger partial charge in [-0.15, -0.1) is 11.8 Å². The van der Waals surface area contributed by atoms with Gasteiger partial charge in [0.05, 0.1) is 27.7 Å². The molecule has 4 aliphatic heterocycles. The van der Waals surface area contributed by atoms with Crippen LogP contribution in [0.2, 0.25) is 0 Å². The summed E-state index contributed by atoms with van der Waals surface area (Å²) < 4.78 is 0.440. The molecule has 5 aliphatic rings. The van der Waals surface area contributed by atoms with Crippen LogP contribution >= 0.6 is 27.7 Å². The number of ketones is 2. The molecule has 478 valence electrons.